The summed E-state index contributed by atoms with van der Waals surface area (Å²) in [6.07, 6.45) is 1.15. The summed E-state index contributed by atoms with van der Waals surface area (Å²) in [5.74, 6) is -0.535. The van der Waals surface area contributed by atoms with Crippen LogP contribution in [0.3, 0.4) is 0 Å². The topological polar surface area (TPSA) is 49.4 Å². The summed E-state index contributed by atoms with van der Waals surface area (Å²) in [6, 6.07) is 10.9. The van der Waals surface area contributed by atoms with Crippen molar-refractivity contribution in [1.82, 2.24) is 0 Å². The molecule has 1 aliphatic rings. The van der Waals surface area contributed by atoms with E-state index in [0.717, 1.165) is 11.3 Å². The first-order chi connectivity index (χ1) is 11.1. The van der Waals surface area contributed by atoms with Gasteiger partial charge in [0.1, 0.15) is 5.82 Å². The van der Waals surface area contributed by atoms with Crippen LogP contribution in [-0.4, -0.2) is 18.4 Å². The van der Waals surface area contributed by atoms with Crippen LogP contribution in [0.2, 0.25) is 0 Å². The van der Waals surface area contributed by atoms with Crippen molar-refractivity contribution in [3.05, 3.63) is 59.4 Å². The van der Waals surface area contributed by atoms with Crippen molar-refractivity contribution in [2.45, 2.75) is 19.8 Å². The summed E-state index contributed by atoms with van der Waals surface area (Å²) in [7, 11) is 0. The number of anilines is 2. The van der Waals surface area contributed by atoms with E-state index in [1.807, 2.05) is 19.1 Å². The highest BCUT2D eigenvalue weighted by Crippen LogP contribution is 2.30. The van der Waals surface area contributed by atoms with E-state index < -0.39 is 0 Å². The lowest BCUT2D eigenvalue weighted by molar-refractivity contribution is -0.118. The summed E-state index contributed by atoms with van der Waals surface area (Å²) in [5.41, 5.74) is 3.02. The molecule has 5 heteroatoms. The lowest BCUT2D eigenvalue weighted by atomic mass is 10.0. The highest BCUT2D eigenvalue weighted by molar-refractivity contribution is 6.04. The maximum atomic E-state index is 12.9. The average Bonchev–Trinajstić information content (AvgIpc) is 2.55. The Hall–Kier alpha value is -2.69. The second kappa shape index (κ2) is 6.20. The lowest BCUT2D eigenvalue weighted by Crippen LogP contribution is -2.34. The summed E-state index contributed by atoms with van der Waals surface area (Å²) in [4.78, 5) is 25.8. The first kappa shape index (κ1) is 15.2. The Morgan fingerprint density at radius 2 is 1.91 bits per heavy atom. The first-order valence-electron chi connectivity index (χ1n) is 7.58. The number of carbonyl (C=O) groups is 2. The number of amides is 2. The third-order valence-corrected chi connectivity index (χ3v) is 3.96. The number of nitrogens with zero attached hydrogens (tertiary/aromatic N) is 1. The van der Waals surface area contributed by atoms with Crippen LogP contribution in [-0.2, 0) is 11.2 Å². The van der Waals surface area contributed by atoms with Gasteiger partial charge in [0.15, 0.2) is 0 Å². The standard InChI is InChI=1S/C18H17FN2O2/c1-2-21-16-9-8-15(11-13(16)5-10-17(21)22)20-18(23)12-3-6-14(19)7-4-12/h3-4,6-9,11H,2,5,10H2,1H3,(H,20,23). The van der Waals surface area contributed by atoms with E-state index in [-0.39, 0.29) is 17.6 Å². The molecule has 2 aromatic rings. The van der Waals surface area contributed by atoms with Gasteiger partial charge in [-0.3, -0.25) is 9.59 Å². The molecule has 0 radical (unpaired) electrons. The molecular weight excluding hydrogens is 295 g/mol. The van der Waals surface area contributed by atoms with Crippen LogP contribution < -0.4 is 10.2 Å². The van der Waals surface area contributed by atoms with Gasteiger partial charge in [0, 0.05) is 29.9 Å². The van der Waals surface area contributed by atoms with Gasteiger partial charge in [-0.2, -0.15) is 0 Å². The van der Waals surface area contributed by atoms with E-state index in [2.05, 4.69) is 5.32 Å². The first-order valence-corrected chi connectivity index (χ1v) is 7.58. The van der Waals surface area contributed by atoms with E-state index in [0.29, 0.717) is 30.6 Å². The Balaban J connectivity index is 1.81. The van der Waals surface area contributed by atoms with E-state index in [9.17, 15) is 14.0 Å². The van der Waals surface area contributed by atoms with Gasteiger partial charge in [-0.05, 0) is 61.4 Å². The Bertz CT molecular complexity index is 756. The van der Waals surface area contributed by atoms with E-state index in [1.54, 1.807) is 11.0 Å². The Morgan fingerprint density at radius 1 is 1.17 bits per heavy atom. The zero-order valence-corrected chi connectivity index (χ0v) is 12.8. The molecule has 0 fully saturated rings. The van der Waals surface area contributed by atoms with Gasteiger partial charge in [0.25, 0.3) is 5.91 Å². The molecule has 0 atom stereocenters. The molecule has 0 unspecified atom stereocenters. The number of hydrogen-bond acceptors (Lipinski definition) is 2. The Labute approximate surface area is 133 Å². The second-order valence-corrected chi connectivity index (χ2v) is 5.44. The fourth-order valence-corrected chi connectivity index (χ4v) is 2.79. The number of halogens is 1. The monoisotopic (exact) mass is 312 g/mol. The minimum Gasteiger partial charge on any atom is -0.322 e. The van der Waals surface area contributed by atoms with Crippen molar-refractivity contribution in [2.24, 2.45) is 0 Å². The third-order valence-electron chi connectivity index (χ3n) is 3.96. The molecule has 1 aliphatic heterocycles. The molecule has 23 heavy (non-hydrogen) atoms. The molecule has 0 spiro atoms. The lowest BCUT2D eigenvalue weighted by Gasteiger charge is -2.28. The number of aryl methyl sites for hydroxylation is 1. The average molecular weight is 312 g/mol. The summed E-state index contributed by atoms with van der Waals surface area (Å²) < 4.78 is 12.9. The molecule has 2 aromatic carbocycles. The van der Waals surface area contributed by atoms with Crippen LogP contribution >= 0.6 is 0 Å². The SMILES string of the molecule is CCN1C(=O)CCc2cc(NC(=O)c3ccc(F)cc3)ccc21. The molecule has 0 aliphatic carbocycles. The van der Waals surface area contributed by atoms with Crippen LogP contribution in [0, 0.1) is 5.82 Å². The molecule has 2 amide bonds. The van der Waals surface area contributed by atoms with E-state index in [4.69, 9.17) is 0 Å². The van der Waals surface area contributed by atoms with Crippen LogP contribution in [0.15, 0.2) is 42.5 Å². The normalized spacial score (nSPS) is 13.7. The van der Waals surface area contributed by atoms with Crippen molar-refractivity contribution in [2.75, 3.05) is 16.8 Å². The van der Waals surface area contributed by atoms with Crippen LogP contribution in [0.5, 0.6) is 0 Å². The molecule has 0 bridgehead atoms. The van der Waals surface area contributed by atoms with Gasteiger partial charge >= 0.3 is 0 Å². The smallest absolute Gasteiger partial charge is 0.255 e. The highest BCUT2D eigenvalue weighted by atomic mass is 19.1. The van der Waals surface area contributed by atoms with Gasteiger partial charge in [-0.25, -0.2) is 4.39 Å². The van der Waals surface area contributed by atoms with Gasteiger partial charge in [-0.15, -0.1) is 0 Å². The second-order valence-electron chi connectivity index (χ2n) is 5.44. The highest BCUT2D eigenvalue weighted by Gasteiger charge is 2.23. The van der Waals surface area contributed by atoms with Crippen molar-refractivity contribution < 1.29 is 14.0 Å². The van der Waals surface area contributed by atoms with Crippen molar-refractivity contribution in [3.63, 3.8) is 0 Å². The molecule has 118 valence electrons. The maximum Gasteiger partial charge on any atom is 0.255 e. The molecule has 0 saturated heterocycles. The van der Waals surface area contributed by atoms with Crippen molar-refractivity contribution in [1.29, 1.82) is 0 Å². The van der Waals surface area contributed by atoms with Gasteiger partial charge < -0.3 is 10.2 Å². The maximum absolute atomic E-state index is 12.9. The van der Waals surface area contributed by atoms with E-state index >= 15 is 0 Å². The molecule has 0 saturated carbocycles. The Kier molecular flexibility index (Phi) is 4.10. The quantitative estimate of drug-likeness (QED) is 0.944. The number of fused-ring (bicyclic) bond motifs is 1. The molecule has 0 aromatic heterocycles. The molecule has 1 N–H and O–H groups in total. The third kappa shape index (κ3) is 3.08. The largest absolute Gasteiger partial charge is 0.322 e. The van der Waals surface area contributed by atoms with Gasteiger partial charge in [0.05, 0.1) is 0 Å². The minimum atomic E-state index is -0.375. The Morgan fingerprint density at radius 3 is 2.61 bits per heavy atom. The van der Waals surface area contributed by atoms with Crippen molar-refractivity contribution >= 4 is 23.2 Å². The predicted octanol–water partition coefficient (Wildman–Crippen LogP) is 3.38. The van der Waals surface area contributed by atoms with Crippen LogP contribution in [0.4, 0.5) is 15.8 Å². The summed E-state index contributed by atoms with van der Waals surface area (Å²) in [6.45, 7) is 2.57. The van der Waals surface area contributed by atoms with Gasteiger partial charge in [-0.1, -0.05) is 0 Å². The number of benzene rings is 2. The fraction of sp³-hybridized carbons (Fsp3) is 0.222. The van der Waals surface area contributed by atoms with E-state index in [1.165, 1.54) is 24.3 Å². The number of carbonyl (C=O) groups excluding carboxylic acids is 2. The van der Waals surface area contributed by atoms with Crippen molar-refractivity contribution in [3.8, 4) is 0 Å². The molecule has 3 rings (SSSR count). The fourth-order valence-electron chi connectivity index (χ4n) is 2.79. The molecule has 1 heterocycles. The molecular formula is C18H17FN2O2. The zero-order chi connectivity index (χ0) is 16.4. The summed E-state index contributed by atoms with van der Waals surface area (Å²) in [5, 5.41) is 2.81. The summed E-state index contributed by atoms with van der Waals surface area (Å²) >= 11 is 0. The van der Waals surface area contributed by atoms with Crippen LogP contribution in [0.1, 0.15) is 29.3 Å². The number of hydrogen-bond donors (Lipinski definition) is 1. The zero-order valence-electron chi connectivity index (χ0n) is 12.8. The number of nitrogens with one attached hydrogen (secondary N) is 1. The molecule has 4 nitrogen and oxygen atoms in total. The van der Waals surface area contributed by atoms with Gasteiger partial charge in [0.2, 0.25) is 5.91 Å². The number of rotatable bonds is 3. The minimum absolute atomic E-state index is 0.128. The predicted molar refractivity (Wildman–Crippen MR) is 87.1 cm³/mol. The van der Waals surface area contributed by atoms with Crippen LogP contribution in [0.25, 0.3) is 0 Å².